The van der Waals surface area contributed by atoms with E-state index in [1.807, 2.05) is 0 Å². The fourth-order valence-corrected chi connectivity index (χ4v) is 2.28. The van der Waals surface area contributed by atoms with Gasteiger partial charge < -0.3 is 18.9 Å². The molecule has 0 aliphatic rings. The number of aryl methyl sites for hydroxylation is 1. The highest BCUT2D eigenvalue weighted by molar-refractivity contribution is 5.94. The highest BCUT2D eigenvalue weighted by atomic mass is 16.5. The standard InChI is InChI=1S/C17H14N2O6/c1-9-5-6-24-14(9)17(22)25-8-13-18-12-7-10(16(21)23-2)3-4-11(12)15(20)19-13/h3-7H,8H2,1-2H3,(H,18,19,20). The average molecular weight is 342 g/mol. The Kier molecular flexibility index (Phi) is 4.34. The number of carbonyl (C=O) groups is 2. The third-order valence-corrected chi connectivity index (χ3v) is 3.56. The minimum absolute atomic E-state index is 0.0936. The second kappa shape index (κ2) is 6.60. The normalized spacial score (nSPS) is 10.6. The predicted molar refractivity (Wildman–Crippen MR) is 86.3 cm³/mol. The molecule has 0 amide bonds. The lowest BCUT2D eigenvalue weighted by atomic mass is 10.1. The molecule has 0 atom stereocenters. The van der Waals surface area contributed by atoms with Gasteiger partial charge in [-0.15, -0.1) is 0 Å². The Bertz CT molecular complexity index is 1020. The first-order valence-electron chi connectivity index (χ1n) is 7.32. The van der Waals surface area contributed by atoms with Gasteiger partial charge in [0.1, 0.15) is 12.4 Å². The first-order chi connectivity index (χ1) is 12.0. The minimum atomic E-state index is -0.659. The van der Waals surface area contributed by atoms with E-state index in [9.17, 15) is 14.4 Å². The van der Waals surface area contributed by atoms with Gasteiger partial charge in [0.2, 0.25) is 5.76 Å². The molecule has 2 heterocycles. The van der Waals surface area contributed by atoms with Crippen molar-refractivity contribution in [3.05, 3.63) is 63.6 Å². The van der Waals surface area contributed by atoms with Gasteiger partial charge in [-0.2, -0.15) is 0 Å². The molecule has 0 radical (unpaired) electrons. The van der Waals surface area contributed by atoms with Crippen molar-refractivity contribution in [2.24, 2.45) is 0 Å². The summed E-state index contributed by atoms with van der Waals surface area (Å²) in [6.07, 6.45) is 1.39. The van der Waals surface area contributed by atoms with E-state index in [0.29, 0.717) is 16.5 Å². The molecule has 3 aromatic rings. The molecule has 3 rings (SSSR count). The SMILES string of the molecule is COC(=O)c1ccc2c(=O)[nH]c(COC(=O)c3occc3C)nc2c1. The van der Waals surface area contributed by atoms with Crippen LogP contribution in [0.3, 0.4) is 0 Å². The molecule has 0 spiro atoms. The van der Waals surface area contributed by atoms with E-state index in [0.717, 1.165) is 0 Å². The van der Waals surface area contributed by atoms with Gasteiger partial charge in [-0.05, 0) is 31.2 Å². The quantitative estimate of drug-likeness (QED) is 0.721. The maximum Gasteiger partial charge on any atom is 0.374 e. The van der Waals surface area contributed by atoms with Gasteiger partial charge in [-0.25, -0.2) is 14.6 Å². The van der Waals surface area contributed by atoms with E-state index in [1.165, 1.54) is 31.6 Å². The van der Waals surface area contributed by atoms with Crippen LogP contribution in [0.4, 0.5) is 0 Å². The molecule has 0 saturated carbocycles. The molecular formula is C17H14N2O6. The Morgan fingerprint density at radius 2 is 2.04 bits per heavy atom. The van der Waals surface area contributed by atoms with Crippen LogP contribution < -0.4 is 5.56 Å². The van der Waals surface area contributed by atoms with E-state index in [2.05, 4.69) is 14.7 Å². The van der Waals surface area contributed by atoms with Gasteiger partial charge in [-0.1, -0.05) is 0 Å². The van der Waals surface area contributed by atoms with Crippen LogP contribution in [-0.4, -0.2) is 29.0 Å². The zero-order chi connectivity index (χ0) is 18.0. The van der Waals surface area contributed by atoms with Crippen LogP contribution in [0.25, 0.3) is 10.9 Å². The highest BCUT2D eigenvalue weighted by Gasteiger charge is 2.15. The average Bonchev–Trinajstić information content (AvgIpc) is 3.04. The van der Waals surface area contributed by atoms with Gasteiger partial charge in [0.15, 0.2) is 0 Å². The summed E-state index contributed by atoms with van der Waals surface area (Å²) in [5, 5.41) is 0.310. The number of nitrogens with zero attached hydrogens (tertiary/aromatic N) is 1. The summed E-state index contributed by atoms with van der Waals surface area (Å²) in [7, 11) is 1.26. The van der Waals surface area contributed by atoms with Crippen molar-refractivity contribution in [1.82, 2.24) is 9.97 Å². The smallest absolute Gasteiger partial charge is 0.374 e. The molecule has 0 saturated heterocycles. The van der Waals surface area contributed by atoms with Gasteiger partial charge in [0.25, 0.3) is 5.56 Å². The lowest BCUT2D eigenvalue weighted by molar-refractivity contribution is 0.0424. The number of benzene rings is 1. The topological polar surface area (TPSA) is 111 Å². The second-order valence-electron chi connectivity index (χ2n) is 5.25. The van der Waals surface area contributed by atoms with Crippen LogP contribution >= 0.6 is 0 Å². The summed E-state index contributed by atoms with van der Waals surface area (Å²) in [5.41, 5.74) is 0.809. The number of ether oxygens (including phenoxy) is 2. The van der Waals surface area contributed by atoms with Crippen molar-refractivity contribution in [3.8, 4) is 0 Å². The molecule has 0 unspecified atom stereocenters. The lowest BCUT2D eigenvalue weighted by Gasteiger charge is -2.06. The molecule has 2 aromatic heterocycles. The fourth-order valence-electron chi connectivity index (χ4n) is 2.28. The lowest BCUT2D eigenvalue weighted by Crippen LogP contribution is -2.15. The first kappa shape index (κ1) is 16.4. The molecule has 25 heavy (non-hydrogen) atoms. The zero-order valence-corrected chi connectivity index (χ0v) is 13.5. The summed E-state index contributed by atoms with van der Waals surface area (Å²) in [6.45, 7) is 1.47. The number of carbonyl (C=O) groups excluding carboxylic acids is 2. The number of methoxy groups -OCH3 is 1. The Balaban J connectivity index is 1.86. The summed E-state index contributed by atoms with van der Waals surface area (Å²) < 4.78 is 14.8. The van der Waals surface area contributed by atoms with Crippen molar-refractivity contribution in [1.29, 1.82) is 0 Å². The largest absolute Gasteiger partial charge is 0.465 e. The molecule has 1 N–H and O–H groups in total. The molecular weight excluding hydrogens is 328 g/mol. The third-order valence-electron chi connectivity index (χ3n) is 3.56. The van der Waals surface area contributed by atoms with Crippen molar-refractivity contribution >= 4 is 22.8 Å². The van der Waals surface area contributed by atoms with Crippen LogP contribution in [0.5, 0.6) is 0 Å². The summed E-state index contributed by atoms with van der Waals surface area (Å²) >= 11 is 0. The number of hydrogen-bond donors (Lipinski definition) is 1. The van der Waals surface area contributed by atoms with Crippen molar-refractivity contribution in [3.63, 3.8) is 0 Å². The van der Waals surface area contributed by atoms with Crippen molar-refractivity contribution in [2.45, 2.75) is 13.5 Å². The van der Waals surface area contributed by atoms with Crippen LogP contribution in [0.15, 0.2) is 39.7 Å². The van der Waals surface area contributed by atoms with Gasteiger partial charge in [0, 0.05) is 5.56 Å². The second-order valence-corrected chi connectivity index (χ2v) is 5.25. The number of hydrogen-bond acceptors (Lipinski definition) is 7. The molecule has 8 heteroatoms. The Morgan fingerprint density at radius 1 is 1.24 bits per heavy atom. The number of furan rings is 1. The summed E-state index contributed by atoms with van der Waals surface area (Å²) in [6, 6.07) is 6.04. The third kappa shape index (κ3) is 3.27. The number of esters is 2. The summed E-state index contributed by atoms with van der Waals surface area (Å²) in [5.74, 6) is -0.952. The number of aromatic amines is 1. The Morgan fingerprint density at radius 3 is 2.72 bits per heavy atom. The summed E-state index contributed by atoms with van der Waals surface area (Å²) in [4.78, 5) is 42.4. The van der Waals surface area contributed by atoms with Crippen molar-refractivity contribution < 1.29 is 23.5 Å². The first-order valence-corrected chi connectivity index (χ1v) is 7.32. The minimum Gasteiger partial charge on any atom is -0.465 e. The van der Waals surface area contributed by atoms with Gasteiger partial charge >= 0.3 is 11.9 Å². The highest BCUT2D eigenvalue weighted by Crippen LogP contribution is 2.13. The number of nitrogens with one attached hydrogen (secondary N) is 1. The van der Waals surface area contributed by atoms with Crippen LogP contribution in [-0.2, 0) is 16.1 Å². The molecule has 0 fully saturated rings. The van der Waals surface area contributed by atoms with E-state index in [1.54, 1.807) is 13.0 Å². The van der Waals surface area contributed by atoms with E-state index >= 15 is 0 Å². The number of aromatic nitrogens is 2. The van der Waals surface area contributed by atoms with E-state index < -0.39 is 17.5 Å². The number of fused-ring (bicyclic) bond motifs is 1. The molecule has 8 nitrogen and oxygen atoms in total. The Labute approximate surface area is 141 Å². The van der Waals surface area contributed by atoms with E-state index in [4.69, 9.17) is 9.15 Å². The van der Waals surface area contributed by atoms with Gasteiger partial charge in [-0.3, -0.25) is 4.79 Å². The monoisotopic (exact) mass is 342 g/mol. The predicted octanol–water partition coefficient (Wildman–Crippen LogP) is 1.97. The zero-order valence-electron chi connectivity index (χ0n) is 13.5. The maximum absolute atomic E-state index is 12.1. The molecule has 1 aromatic carbocycles. The molecule has 0 bridgehead atoms. The van der Waals surface area contributed by atoms with E-state index in [-0.39, 0.29) is 23.8 Å². The maximum atomic E-state index is 12.1. The number of rotatable bonds is 4. The van der Waals surface area contributed by atoms with Crippen LogP contribution in [0, 0.1) is 6.92 Å². The molecule has 128 valence electrons. The van der Waals surface area contributed by atoms with Gasteiger partial charge in [0.05, 0.1) is 29.8 Å². The van der Waals surface area contributed by atoms with Crippen molar-refractivity contribution in [2.75, 3.05) is 7.11 Å². The number of H-pyrrole nitrogens is 1. The molecule has 0 aliphatic carbocycles. The molecule has 0 aliphatic heterocycles. The van der Waals surface area contributed by atoms with Crippen LogP contribution in [0.1, 0.15) is 32.3 Å². The Hall–Kier alpha value is -3.42. The van der Waals surface area contributed by atoms with Crippen LogP contribution in [0.2, 0.25) is 0 Å². The fraction of sp³-hybridized carbons (Fsp3) is 0.176.